The fourth-order valence-electron chi connectivity index (χ4n) is 0.551. The average molecular weight is 138 g/mol. The van der Waals surface area contributed by atoms with Crippen molar-refractivity contribution in [1.29, 1.82) is 0 Å². The number of aliphatic carboxylic acids is 1. The van der Waals surface area contributed by atoms with E-state index < -0.39 is 5.97 Å². The summed E-state index contributed by atoms with van der Waals surface area (Å²) in [7, 11) is 0. The number of carboxylic acid groups (broad SMARTS) is 1. The zero-order valence-electron chi connectivity index (χ0n) is 6.31. The molecule has 1 atom stereocenters. The first-order valence-corrected chi connectivity index (χ1v) is 2.89. The van der Waals surface area contributed by atoms with Crippen LogP contribution >= 0.6 is 0 Å². The van der Waals surface area contributed by atoms with E-state index in [1.54, 1.807) is 6.92 Å². The maximum Gasteiger partial charge on any atom is 1.00 e. The van der Waals surface area contributed by atoms with Gasteiger partial charge in [-0.1, -0.05) is 20.3 Å². The summed E-state index contributed by atoms with van der Waals surface area (Å²) >= 11 is 0. The fraction of sp³-hybridized carbons (Fsp3) is 0.833. The Bertz CT molecular complexity index is 83.1. The number of carboxylic acids is 1. The van der Waals surface area contributed by atoms with Crippen LogP contribution in [0.4, 0.5) is 0 Å². The van der Waals surface area contributed by atoms with E-state index in [2.05, 4.69) is 0 Å². The van der Waals surface area contributed by atoms with Crippen LogP contribution in [0.15, 0.2) is 0 Å². The molecule has 2 nitrogen and oxygen atoms in total. The first kappa shape index (κ1) is 12.2. The summed E-state index contributed by atoms with van der Waals surface area (Å²) in [4.78, 5) is 9.98. The monoisotopic (exact) mass is 138 g/mol. The molecule has 0 saturated heterocycles. The Morgan fingerprint density at radius 1 is 1.67 bits per heavy atom. The van der Waals surface area contributed by atoms with Gasteiger partial charge in [-0.3, -0.25) is 0 Å². The number of carbonyl (C=O) groups is 1. The molecule has 0 spiro atoms. The van der Waals surface area contributed by atoms with Gasteiger partial charge in [0, 0.05) is 5.97 Å². The van der Waals surface area contributed by atoms with Gasteiger partial charge in [-0.05, 0) is 12.3 Å². The Kier molecular flexibility index (Phi) is 8.91. The third kappa shape index (κ3) is 6.35. The van der Waals surface area contributed by atoms with Crippen molar-refractivity contribution < 1.29 is 39.5 Å². The second-order valence-corrected chi connectivity index (χ2v) is 2.01. The largest absolute Gasteiger partial charge is 1.00 e. The Morgan fingerprint density at radius 3 is 2.22 bits per heavy atom. The molecule has 0 amide bonds. The van der Waals surface area contributed by atoms with Crippen LogP contribution in [-0.4, -0.2) is 5.97 Å². The third-order valence-electron chi connectivity index (χ3n) is 1.12. The second kappa shape index (κ2) is 6.59. The van der Waals surface area contributed by atoms with Crippen molar-refractivity contribution in [3.8, 4) is 0 Å². The quantitative estimate of drug-likeness (QED) is 0.395. The van der Waals surface area contributed by atoms with Crippen LogP contribution in [0, 0.1) is 5.92 Å². The van der Waals surface area contributed by atoms with E-state index in [4.69, 9.17) is 0 Å². The van der Waals surface area contributed by atoms with Crippen LogP contribution in [0.1, 0.15) is 26.7 Å². The van der Waals surface area contributed by atoms with Crippen molar-refractivity contribution in [1.82, 2.24) is 0 Å². The van der Waals surface area contributed by atoms with Crippen LogP contribution in [0.25, 0.3) is 0 Å². The zero-order valence-corrected chi connectivity index (χ0v) is 8.31. The molecule has 0 saturated carbocycles. The summed E-state index contributed by atoms with van der Waals surface area (Å²) in [5.74, 6) is -1.22. The zero-order chi connectivity index (χ0) is 6.57. The fourth-order valence-corrected chi connectivity index (χ4v) is 0.551. The molecule has 9 heavy (non-hydrogen) atoms. The molecule has 0 bridgehead atoms. The molecular weight excluding hydrogens is 127 g/mol. The van der Waals surface area contributed by atoms with E-state index in [-0.39, 0.29) is 35.5 Å². The van der Waals surface area contributed by atoms with Gasteiger partial charge in [0.2, 0.25) is 0 Å². The summed E-state index contributed by atoms with van der Waals surface area (Å²) in [6.45, 7) is 3.62. The summed E-state index contributed by atoms with van der Waals surface area (Å²) in [6, 6.07) is 0. The van der Waals surface area contributed by atoms with Gasteiger partial charge in [0.1, 0.15) is 0 Å². The molecule has 0 N–H and O–H groups in total. The molecule has 0 fully saturated rings. The van der Waals surface area contributed by atoms with Crippen LogP contribution in [-0.2, 0) is 4.79 Å². The molecule has 0 aliphatic rings. The van der Waals surface area contributed by atoms with E-state index in [0.29, 0.717) is 0 Å². The minimum Gasteiger partial charge on any atom is -0.550 e. The van der Waals surface area contributed by atoms with Gasteiger partial charge >= 0.3 is 29.6 Å². The standard InChI is InChI=1S/C6H12O2.Na/c1-3-4-5(2)6(7)8;/h5H,3-4H2,1-2H3,(H,7,8);/q;+1/p-1. The topological polar surface area (TPSA) is 40.1 Å². The second-order valence-electron chi connectivity index (χ2n) is 2.01. The number of hydrogen-bond donors (Lipinski definition) is 0. The first-order chi connectivity index (χ1) is 3.68. The summed E-state index contributed by atoms with van der Waals surface area (Å²) in [5, 5.41) is 9.98. The number of carbonyl (C=O) groups excluding carboxylic acids is 1. The van der Waals surface area contributed by atoms with Crippen LogP contribution in [0.5, 0.6) is 0 Å². The average Bonchev–Trinajstić information content (AvgIpc) is 1.67. The third-order valence-corrected chi connectivity index (χ3v) is 1.12. The van der Waals surface area contributed by atoms with Gasteiger partial charge in [0.15, 0.2) is 0 Å². The van der Waals surface area contributed by atoms with Crippen molar-refractivity contribution in [2.75, 3.05) is 0 Å². The number of hydrogen-bond acceptors (Lipinski definition) is 2. The van der Waals surface area contributed by atoms with Gasteiger partial charge < -0.3 is 9.90 Å². The molecular formula is C6H11NaO2. The van der Waals surface area contributed by atoms with Gasteiger partial charge in [-0.2, -0.15) is 0 Å². The van der Waals surface area contributed by atoms with Gasteiger partial charge in [-0.25, -0.2) is 0 Å². The summed E-state index contributed by atoms with van der Waals surface area (Å²) < 4.78 is 0. The van der Waals surface area contributed by atoms with Crippen molar-refractivity contribution in [2.45, 2.75) is 26.7 Å². The molecule has 0 aromatic rings. The van der Waals surface area contributed by atoms with Crippen LogP contribution in [0.2, 0.25) is 0 Å². The molecule has 0 radical (unpaired) electrons. The van der Waals surface area contributed by atoms with Crippen molar-refractivity contribution in [3.63, 3.8) is 0 Å². The smallest absolute Gasteiger partial charge is 0.550 e. The van der Waals surface area contributed by atoms with Gasteiger partial charge in [-0.15, -0.1) is 0 Å². The Labute approximate surface area is 77.9 Å². The SMILES string of the molecule is CCCC(C)C(=O)[O-].[Na+]. The normalized spacial score (nSPS) is 11.8. The van der Waals surface area contributed by atoms with E-state index in [1.165, 1.54) is 0 Å². The van der Waals surface area contributed by atoms with E-state index in [1.807, 2.05) is 6.92 Å². The van der Waals surface area contributed by atoms with E-state index in [9.17, 15) is 9.90 Å². The Hall–Kier alpha value is 0.470. The predicted molar refractivity (Wildman–Crippen MR) is 29.1 cm³/mol. The summed E-state index contributed by atoms with van der Waals surface area (Å²) in [5.41, 5.74) is 0. The summed E-state index contributed by atoms with van der Waals surface area (Å²) in [6.07, 6.45) is 1.64. The molecule has 0 heterocycles. The Balaban J connectivity index is 0. The molecule has 0 rings (SSSR count). The molecule has 48 valence electrons. The van der Waals surface area contributed by atoms with Gasteiger partial charge in [0.05, 0.1) is 0 Å². The molecule has 0 aliphatic carbocycles. The van der Waals surface area contributed by atoms with Crippen molar-refractivity contribution in [3.05, 3.63) is 0 Å². The predicted octanol–water partition coefficient (Wildman–Crippen LogP) is -2.82. The van der Waals surface area contributed by atoms with Crippen LogP contribution < -0.4 is 34.7 Å². The molecule has 3 heteroatoms. The molecule has 0 aliphatic heterocycles. The first-order valence-electron chi connectivity index (χ1n) is 2.89. The maximum atomic E-state index is 9.98. The van der Waals surface area contributed by atoms with Crippen molar-refractivity contribution in [2.24, 2.45) is 5.92 Å². The van der Waals surface area contributed by atoms with Gasteiger partial charge in [0.25, 0.3) is 0 Å². The molecule has 0 aromatic heterocycles. The van der Waals surface area contributed by atoms with E-state index in [0.717, 1.165) is 12.8 Å². The molecule has 1 unspecified atom stereocenters. The Morgan fingerprint density at radius 2 is 2.11 bits per heavy atom. The number of rotatable bonds is 3. The van der Waals surface area contributed by atoms with Crippen molar-refractivity contribution >= 4 is 5.97 Å². The maximum absolute atomic E-state index is 9.98. The van der Waals surface area contributed by atoms with E-state index >= 15 is 0 Å². The molecule has 0 aromatic carbocycles. The van der Waals surface area contributed by atoms with Crippen LogP contribution in [0.3, 0.4) is 0 Å². The minimum absolute atomic E-state index is 0. The minimum atomic E-state index is -0.938.